The van der Waals surface area contributed by atoms with E-state index in [2.05, 4.69) is 43.2 Å². The second-order valence-electron chi connectivity index (χ2n) is 7.31. The smallest absolute Gasteiger partial charge is 0.230 e. The molecule has 0 bridgehead atoms. The Hall–Kier alpha value is -2.06. The number of carbonyl (C=O) groups is 1. The van der Waals surface area contributed by atoms with Gasteiger partial charge in [0.15, 0.2) is 0 Å². The van der Waals surface area contributed by atoms with E-state index in [4.69, 9.17) is 0 Å². The highest BCUT2D eigenvalue weighted by Gasteiger charge is 2.23. The van der Waals surface area contributed by atoms with E-state index in [1.54, 1.807) is 0 Å². The van der Waals surface area contributed by atoms with Crippen molar-refractivity contribution in [3.8, 4) is 6.07 Å². The predicted molar refractivity (Wildman–Crippen MR) is 106 cm³/mol. The van der Waals surface area contributed by atoms with E-state index in [-0.39, 0.29) is 11.9 Å². The molecule has 2 unspecified atom stereocenters. The molecule has 0 spiro atoms. The minimum atomic E-state index is 0.0274. The number of benzene rings is 1. The number of nitriles is 1. The summed E-state index contributed by atoms with van der Waals surface area (Å²) < 4.78 is 0. The maximum absolute atomic E-state index is 12.3. The van der Waals surface area contributed by atoms with Crippen molar-refractivity contribution in [2.24, 2.45) is 5.92 Å². The summed E-state index contributed by atoms with van der Waals surface area (Å²) in [5.41, 5.74) is 3.76. The Morgan fingerprint density at radius 1 is 1.27 bits per heavy atom. The Kier molecular flexibility index (Phi) is 5.83. The van der Waals surface area contributed by atoms with Crippen LogP contribution in [0.2, 0.25) is 0 Å². The molecule has 5 heteroatoms. The lowest BCUT2D eigenvalue weighted by Gasteiger charge is -2.29. The number of aryl methyl sites for hydroxylation is 2. The number of pyridine rings is 1. The zero-order chi connectivity index (χ0) is 18.7. The van der Waals surface area contributed by atoms with Crippen molar-refractivity contribution in [2.45, 2.75) is 57.5 Å². The van der Waals surface area contributed by atoms with Gasteiger partial charge in [-0.1, -0.05) is 31.5 Å². The van der Waals surface area contributed by atoms with E-state index in [9.17, 15) is 10.1 Å². The van der Waals surface area contributed by atoms with E-state index >= 15 is 0 Å². The van der Waals surface area contributed by atoms with Crippen molar-refractivity contribution in [3.63, 3.8) is 0 Å². The molecule has 1 N–H and O–H groups in total. The molecule has 2 aromatic rings. The number of nitrogens with zero attached hydrogens (tertiary/aromatic N) is 2. The first-order chi connectivity index (χ1) is 12.5. The van der Waals surface area contributed by atoms with E-state index in [1.165, 1.54) is 42.2 Å². The third kappa shape index (κ3) is 4.19. The summed E-state index contributed by atoms with van der Waals surface area (Å²) in [6, 6.07) is 8.47. The highest BCUT2D eigenvalue weighted by atomic mass is 32.2. The van der Waals surface area contributed by atoms with Crippen molar-refractivity contribution in [1.29, 1.82) is 5.26 Å². The van der Waals surface area contributed by atoms with Crippen LogP contribution < -0.4 is 5.32 Å². The lowest BCUT2D eigenvalue weighted by molar-refractivity contribution is -0.119. The Balaban J connectivity index is 1.72. The largest absolute Gasteiger partial charge is 0.352 e. The van der Waals surface area contributed by atoms with Crippen LogP contribution in [0.3, 0.4) is 0 Å². The topological polar surface area (TPSA) is 65.8 Å². The van der Waals surface area contributed by atoms with Crippen molar-refractivity contribution < 1.29 is 4.79 Å². The van der Waals surface area contributed by atoms with Crippen molar-refractivity contribution in [1.82, 2.24) is 10.3 Å². The van der Waals surface area contributed by atoms with Gasteiger partial charge in [-0.15, -0.1) is 0 Å². The summed E-state index contributed by atoms with van der Waals surface area (Å²) in [6.07, 6.45) is 4.69. The third-order valence-corrected chi connectivity index (χ3v) is 6.30. The SMILES string of the molecule is Cc1cc2cc(C#N)c(SCC(=O)NC3CCCCC3C)nc2cc1C. The van der Waals surface area contributed by atoms with Crippen LogP contribution in [0.15, 0.2) is 23.2 Å². The van der Waals surface area contributed by atoms with Gasteiger partial charge in [-0.05, 0) is 61.9 Å². The Bertz CT molecular complexity index is 872. The van der Waals surface area contributed by atoms with Gasteiger partial charge in [0.25, 0.3) is 0 Å². The summed E-state index contributed by atoms with van der Waals surface area (Å²) in [5.74, 6) is 0.860. The van der Waals surface area contributed by atoms with Crippen LogP contribution >= 0.6 is 11.8 Å². The molecule has 3 rings (SSSR count). The van der Waals surface area contributed by atoms with Crippen LogP contribution in [0.4, 0.5) is 0 Å². The third-order valence-electron chi connectivity index (χ3n) is 5.31. The first-order valence-electron chi connectivity index (χ1n) is 9.22. The summed E-state index contributed by atoms with van der Waals surface area (Å²) >= 11 is 1.35. The molecule has 1 aliphatic carbocycles. The fourth-order valence-corrected chi connectivity index (χ4v) is 4.30. The van der Waals surface area contributed by atoms with Crippen molar-refractivity contribution in [2.75, 3.05) is 5.75 Å². The second kappa shape index (κ2) is 8.09. The summed E-state index contributed by atoms with van der Waals surface area (Å²) in [7, 11) is 0. The molecule has 1 aromatic heterocycles. The number of hydrogen-bond donors (Lipinski definition) is 1. The number of thioether (sulfide) groups is 1. The molecule has 1 saturated carbocycles. The van der Waals surface area contributed by atoms with Gasteiger partial charge in [0.2, 0.25) is 5.91 Å². The summed E-state index contributed by atoms with van der Waals surface area (Å²) in [6.45, 7) is 6.32. The number of rotatable bonds is 4. The Morgan fingerprint density at radius 2 is 2.00 bits per heavy atom. The molecule has 26 heavy (non-hydrogen) atoms. The van der Waals surface area contributed by atoms with Gasteiger partial charge in [-0.2, -0.15) is 5.26 Å². The standard InChI is InChI=1S/C21H25N3OS/c1-13-6-4-5-7-18(13)23-20(25)12-26-21-17(11-22)10-16-8-14(2)15(3)9-19(16)24-21/h8-10,13,18H,4-7,12H2,1-3H3,(H,23,25). The number of hydrogen-bond acceptors (Lipinski definition) is 4. The average Bonchev–Trinajstić information content (AvgIpc) is 2.62. The molecule has 2 atom stereocenters. The number of nitrogens with one attached hydrogen (secondary N) is 1. The van der Waals surface area contributed by atoms with E-state index in [0.717, 1.165) is 17.3 Å². The molecular weight excluding hydrogens is 342 g/mol. The van der Waals surface area contributed by atoms with Crippen molar-refractivity contribution >= 4 is 28.6 Å². The highest BCUT2D eigenvalue weighted by Crippen LogP contribution is 2.27. The van der Waals surface area contributed by atoms with Crippen LogP contribution in [0.1, 0.15) is 49.3 Å². The quantitative estimate of drug-likeness (QED) is 0.808. The molecule has 1 heterocycles. The van der Waals surface area contributed by atoms with Crippen molar-refractivity contribution in [3.05, 3.63) is 34.9 Å². The Morgan fingerprint density at radius 3 is 2.73 bits per heavy atom. The average molecular weight is 368 g/mol. The van der Waals surface area contributed by atoms with Gasteiger partial charge in [0, 0.05) is 11.4 Å². The van der Waals surface area contributed by atoms with Crippen LogP contribution in [0.5, 0.6) is 0 Å². The monoisotopic (exact) mass is 367 g/mol. The fourth-order valence-electron chi connectivity index (χ4n) is 3.53. The maximum Gasteiger partial charge on any atom is 0.230 e. The Labute approximate surface area is 159 Å². The zero-order valence-corrected chi connectivity index (χ0v) is 16.4. The molecule has 4 nitrogen and oxygen atoms in total. The summed E-state index contributed by atoms with van der Waals surface area (Å²) in [4.78, 5) is 17.0. The number of amides is 1. The van der Waals surface area contributed by atoms with Crippen LogP contribution in [-0.4, -0.2) is 22.7 Å². The number of carbonyl (C=O) groups excluding carboxylic acids is 1. The van der Waals surface area contributed by atoms with Gasteiger partial charge in [-0.25, -0.2) is 4.98 Å². The number of fused-ring (bicyclic) bond motifs is 1. The molecule has 0 saturated heterocycles. The predicted octanol–water partition coefficient (Wildman–Crippen LogP) is 4.51. The first kappa shape index (κ1) is 18.7. The lowest BCUT2D eigenvalue weighted by Crippen LogP contribution is -2.41. The number of aromatic nitrogens is 1. The van der Waals surface area contributed by atoms with E-state index < -0.39 is 0 Å². The molecule has 136 valence electrons. The first-order valence-corrected chi connectivity index (χ1v) is 10.2. The second-order valence-corrected chi connectivity index (χ2v) is 8.27. The molecular formula is C21H25N3OS. The van der Waals surface area contributed by atoms with E-state index in [1.807, 2.05) is 12.1 Å². The van der Waals surface area contributed by atoms with Gasteiger partial charge in [0.1, 0.15) is 11.1 Å². The minimum absolute atomic E-state index is 0.0274. The molecule has 1 aliphatic rings. The van der Waals surface area contributed by atoms with Gasteiger partial charge in [-0.3, -0.25) is 4.79 Å². The maximum atomic E-state index is 12.3. The normalized spacial score (nSPS) is 19.9. The fraction of sp³-hybridized carbons (Fsp3) is 0.476. The minimum Gasteiger partial charge on any atom is -0.352 e. The van der Waals surface area contributed by atoms with Gasteiger partial charge >= 0.3 is 0 Å². The van der Waals surface area contributed by atoms with Crippen LogP contribution in [0.25, 0.3) is 10.9 Å². The molecule has 1 fully saturated rings. The van der Waals surface area contributed by atoms with Gasteiger partial charge < -0.3 is 5.32 Å². The summed E-state index contributed by atoms with van der Waals surface area (Å²) in [5, 5.41) is 14.2. The van der Waals surface area contributed by atoms with E-state index in [0.29, 0.717) is 22.3 Å². The molecule has 0 aliphatic heterocycles. The molecule has 1 aromatic carbocycles. The molecule has 0 radical (unpaired) electrons. The zero-order valence-electron chi connectivity index (χ0n) is 15.6. The highest BCUT2D eigenvalue weighted by molar-refractivity contribution is 8.00. The van der Waals surface area contributed by atoms with Crippen LogP contribution in [-0.2, 0) is 4.79 Å². The van der Waals surface area contributed by atoms with Gasteiger partial charge in [0.05, 0.1) is 16.8 Å². The lowest BCUT2D eigenvalue weighted by atomic mass is 9.86. The van der Waals surface area contributed by atoms with Crippen LogP contribution in [0, 0.1) is 31.1 Å². The molecule has 1 amide bonds.